The van der Waals surface area contributed by atoms with Gasteiger partial charge >= 0.3 is 5.82 Å². The Hall–Kier alpha value is -2.30. The molecule has 8 heteroatoms. The summed E-state index contributed by atoms with van der Waals surface area (Å²) in [6, 6.07) is 2.12. The predicted molar refractivity (Wildman–Crippen MR) is 46.8 cm³/mol. The highest BCUT2D eigenvalue weighted by Gasteiger charge is 2.25. The number of hydrogen-bond acceptors (Lipinski definition) is 5. The second-order valence-electron chi connectivity index (χ2n) is 2.76. The zero-order valence-electron chi connectivity index (χ0n) is 7.72. The van der Waals surface area contributed by atoms with Crippen LogP contribution in [-0.4, -0.2) is 15.0 Å². The topological polar surface area (TPSA) is 100 Å². The Morgan fingerprint density at radius 3 is 2.75 bits per heavy atom. The maximum absolute atomic E-state index is 12.4. The summed E-state index contributed by atoms with van der Waals surface area (Å²) in [5.41, 5.74) is -1.08. The Bertz CT molecular complexity index is 470. The van der Waals surface area contributed by atoms with E-state index in [1.54, 1.807) is 6.07 Å². The fraction of sp³-hybridized carbons (Fsp3) is 0.250. The molecule has 0 aliphatic rings. The molecule has 1 aromatic rings. The Morgan fingerprint density at radius 1 is 1.69 bits per heavy atom. The molecule has 0 atom stereocenters. The Labute approximate surface area is 87.9 Å². The van der Waals surface area contributed by atoms with E-state index in [-0.39, 0.29) is 0 Å². The third-order valence-electron chi connectivity index (χ3n) is 1.75. The van der Waals surface area contributed by atoms with Crippen LogP contribution in [0.5, 0.6) is 5.75 Å². The normalized spacial score (nSPS) is 10.1. The highest BCUT2D eigenvalue weighted by atomic mass is 19.3. The molecular formula is C8H5F2N3O3. The van der Waals surface area contributed by atoms with Crippen LogP contribution in [0.15, 0.2) is 6.07 Å². The highest BCUT2D eigenvalue weighted by molar-refractivity contribution is 5.44. The van der Waals surface area contributed by atoms with Gasteiger partial charge in [-0.15, -0.1) is 0 Å². The fourth-order valence-electron chi connectivity index (χ4n) is 1.08. The number of alkyl halides is 2. The largest absolute Gasteiger partial charge is 0.501 e. The first-order valence-electron chi connectivity index (χ1n) is 3.99. The molecular weight excluding hydrogens is 224 g/mol. The van der Waals surface area contributed by atoms with Gasteiger partial charge in [0.05, 0.1) is 11.6 Å². The van der Waals surface area contributed by atoms with E-state index in [0.29, 0.717) is 6.07 Å². The summed E-state index contributed by atoms with van der Waals surface area (Å²) in [5.74, 6) is -1.88. The number of pyridine rings is 1. The minimum absolute atomic E-state index is 0.401. The molecule has 1 heterocycles. The van der Waals surface area contributed by atoms with Crippen LogP contribution in [0.2, 0.25) is 0 Å². The van der Waals surface area contributed by atoms with Crippen LogP contribution in [0.25, 0.3) is 0 Å². The van der Waals surface area contributed by atoms with Gasteiger partial charge in [-0.25, -0.2) is 8.78 Å². The number of nitro groups is 1. The van der Waals surface area contributed by atoms with Gasteiger partial charge in [-0.3, -0.25) is 0 Å². The van der Waals surface area contributed by atoms with Crippen LogP contribution in [0, 0.1) is 21.4 Å². The van der Waals surface area contributed by atoms with Gasteiger partial charge in [0.2, 0.25) is 5.75 Å². The van der Waals surface area contributed by atoms with Crippen LogP contribution < -0.4 is 0 Å². The van der Waals surface area contributed by atoms with Gasteiger partial charge in [0.25, 0.3) is 6.43 Å². The highest BCUT2D eigenvalue weighted by Crippen LogP contribution is 2.31. The van der Waals surface area contributed by atoms with Crippen molar-refractivity contribution in [3.8, 4) is 11.8 Å². The summed E-state index contributed by atoms with van der Waals surface area (Å²) in [7, 11) is 0. The van der Waals surface area contributed by atoms with Gasteiger partial charge in [-0.1, -0.05) is 0 Å². The first-order valence-corrected chi connectivity index (χ1v) is 3.99. The SMILES string of the molecule is N#CCc1nc([N+](=O)[O-])c(O)cc1C(F)F. The van der Waals surface area contributed by atoms with Crippen molar-refractivity contribution in [2.24, 2.45) is 0 Å². The van der Waals surface area contributed by atoms with Crippen molar-refractivity contribution in [1.82, 2.24) is 4.98 Å². The second kappa shape index (κ2) is 4.48. The standard InChI is InChI=1S/C8H5F2N3O3/c9-7(10)4-3-6(14)8(13(15)16)12-5(4)1-2-11/h3,7,14H,1H2. The zero-order chi connectivity index (χ0) is 12.3. The van der Waals surface area contributed by atoms with Gasteiger partial charge in [0, 0.05) is 6.07 Å². The van der Waals surface area contributed by atoms with E-state index in [2.05, 4.69) is 4.98 Å². The predicted octanol–water partition coefficient (Wildman–Crippen LogP) is 1.70. The molecule has 0 aliphatic heterocycles. The Morgan fingerprint density at radius 2 is 2.31 bits per heavy atom. The van der Waals surface area contributed by atoms with Gasteiger partial charge in [-0.05, 0) is 9.91 Å². The molecule has 0 fully saturated rings. The lowest BCUT2D eigenvalue weighted by Gasteiger charge is -2.03. The van der Waals surface area contributed by atoms with E-state index in [9.17, 15) is 18.9 Å². The van der Waals surface area contributed by atoms with Crippen molar-refractivity contribution in [3.05, 3.63) is 27.4 Å². The lowest BCUT2D eigenvalue weighted by Crippen LogP contribution is -2.02. The average Bonchev–Trinajstić information content (AvgIpc) is 2.19. The molecule has 0 saturated heterocycles. The molecule has 0 amide bonds. The minimum Gasteiger partial charge on any atom is -0.501 e. The van der Waals surface area contributed by atoms with Gasteiger partial charge in [-0.2, -0.15) is 5.26 Å². The summed E-state index contributed by atoms with van der Waals surface area (Å²) in [6.45, 7) is 0. The van der Waals surface area contributed by atoms with E-state index in [0.717, 1.165) is 0 Å². The molecule has 1 N–H and O–H groups in total. The zero-order valence-corrected chi connectivity index (χ0v) is 7.72. The first-order chi connectivity index (χ1) is 7.47. The summed E-state index contributed by atoms with van der Waals surface area (Å²) in [4.78, 5) is 12.6. The van der Waals surface area contributed by atoms with E-state index in [1.165, 1.54) is 0 Å². The summed E-state index contributed by atoms with van der Waals surface area (Å²) in [6.07, 6.45) is -3.44. The molecule has 16 heavy (non-hydrogen) atoms. The summed E-state index contributed by atoms with van der Waals surface area (Å²) in [5, 5.41) is 27.8. The molecule has 6 nitrogen and oxygen atoms in total. The van der Waals surface area contributed by atoms with Crippen molar-refractivity contribution in [2.75, 3.05) is 0 Å². The number of halogens is 2. The number of hydrogen-bond donors (Lipinski definition) is 1. The average molecular weight is 229 g/mol. The number of nitriles is 1. The summed E-state index contributed by atoms with van der Waals surface area (Å²) >= 11 is 0. The van der Waals surface area contributed by atoms with Crippen LogP contribution in [0.1, 0.15) is 17.7 Å². The number of rotatable bonds is 3. The smallest absolute Gasteiger partial charge is 0.406 e. The minimum atomic E-state index is -2.96. The van der Waals surface area contributed by atoms with Crippen molar-refractivity contribution in [2.45, 2.75) is 12.8 Å². The molecule has 0 radical (unpaired) electrons. The lowest BCUT2D eigenvalue weighted by atomic mass is 10.1. The fourth-order valence-corrected chi connectivity index (χ4v) is 1.08. The van der Waals surface area contributed by atoms with E-state index in [4.69, 9.17) is 10.4 Å². The van der Waals surface area contributed by atoms with Gasteiger partial charge in [0.15, 0.2) is 5.69 Å². The molecule has 0 spiro atoms. The maximum Gasteiger partial charge on any atom is 0.406 e. The third kappa shape index (κ3) is 2.20. The maximum atomic E-state index is 12.4. The molecule has 1 aromatic heterocycles. The van der Waals surface area contributed by atoms with E-state index in [1.807, 2.05) is 0 Å². The van der Waals surface area contributed by atoms with Crippen LogP contribution in [0.3, 0.4) is 0 Å². The molecule has 0 aliphatic carbocycles. The molecule has 0 unspecified atom stereocenters. The van der Waals surface area contributed by atoms with Crippen molar-refractivity contribution < 1.29 is 18.8 Å². The Kier molecular flexibility index (Phi) is 3.30. The molecule has 84 valence electrons. The molecule has 0 aromatic carbocycles. The molecule has 1 rings (SSSR count). The van der Waals surface area contributed by atoms with Crippen LogP contribution in [0.4, 0.5) is 14.6 Å². The monoisotopic (exact) mass is 229 g/mol. The van der Waals surface area contributed by atoms with Gasteiger partial charge < -0.3 is 15.2 Å². The summed E-state index contributed by atoms with van der Waals surface area (Å²) < 4.78 is 24.9. The van der Waals surface area contributed by atoms with Crippen molar-refractivity contribution in [1.29, 1.82) is 5.26 Å². The van der Waals surface area contributed by atoms with Crippen LogP contribution >= 0.6 is 0 Å². The lowest BCUT2D eigenvalue weighted by molar-refractivity contribution is -0.390. The molecule has 0 saturated carbocycles. The third-order valence-corrected chi connectivity index (χ3v) is 1.75. The van der Waals surface area contributed by atoms with Crippen molar-refractivity contribution >= 4 is 5.82 Å². The van der Waals surface area contributed by atoms with E-state index < -0.39 is 40.6 Å². The van der Waals surface area contributed by atoms with Crippen molar-refractivity contribution in [3.63, 3.8) is 0 Å². The van der Waals surface area contributed by atoms with E-state index >= 15 is 0 Å². The quantitative estimate of drug-likeness (QED) is 0.627. The second-order valence-corrected chi connectivity index (χ2v) is 2.76. The number of aromatic hydroxyl groups is 1. The van der Waals surface area contributed by atoms with Crippen LogP contribution in [-0.2, 0) is 6.42 Å². The van der Waals surface area contributed by atoms with Gasteiger partial charge in [0.1, 0.15) is 6.42 Å². The molecule has 0 bridgehead atoms. The number of aromatic nitrogens is 1. The number of nitrogens with zero attached hydrogens (tertiary/aromatic N) is 3. The Balaban J connectivity index is 3.38. The first kappa shape index (κ1) is 11.8.